The van der Waals surface area contributed by atoms with Gasteiger partial charge in [0.2, 0.25) is 0 Å². The maximum absolute atomic E-state index is 9.37. The molecule has 3 N–H and O–H groups in total. The summed E-state index contributed by atoms with van der Waals surface area (Å²) in [6.07, 6.45) is 2.40. The van der Waals surface area contributed by atoms with E-state index in [1.54, 1.807) is 13.8 Å². The lowest BCUT2D eigenvalue weighted by atomic mass is 9.96. The Kier molecular flexibility index (Phi) is 3.14. The normalized spacial score (nSPS) is 21.6. The van der Waals surface area contributed by atoms with Crippen molar-refractivity contribution >= 4 is 12.4 Å². The van der Waals surface area contributed by atoms with Crippen molar-refractivity contribution < 1.29 is 5.11 Å². The molecule has 0 bridgehead atoms. The van der Waals surface area contributed by atoms with E-state index in [4.69, 9.17) is 5.73 Å². The standard InChI is InChI=1S/C7H15NO.ClH/c1-7(2,9)6(8)5-3-4-5;/h5-6,9H,3-4,8H2,1-2H3;1H/t6-;/m0./s1. The number of halogens is 1. The first-order valence-electron chi connectivity index (χ1n) is 3.50. The molecule has 0 heterocycles. The molecule has 0 amide bonds. The SMILES string of the molecule is CC(C)(O)[C@@H](N)C1CC1.Cl. The second-order valence-electron chi connectivity index (χ2n) is 3.52. The van der Waals surface area contributed by atoms with Crippen molar-refractivity contribution in [2.45, 2.75) is 38.3 Å². The van der Waals surface area contributed by atoms with E-state index < -0.39 is 5.60 Å². The van der Waals surface area contributed by atoms with E-state index >= 15 is 0 Å². The van der Waals surface area contributed by atoms with E-state index in [2.05, 4.69) is 0 Å². The third-order valence-electron chi connectivity index (χ3n) is 1.95. The molecule has 0 aromatic carbocycles. The summed E-state index contributed by atoms with van der Waals surface area (Å²) in [7, 11) is 0. The number of hydrogen-bond acceptors (Lipinski definition) is 2. The Morgan fingerprint density at radius 1 is 1.50 bits per heavy atom. The summed E-state index contributed by atoms with van der Waals surface area (Å²) in [6.45, 7) is 3.55. The molecule has 1 aliphatic carbocycles. The first-order chi connectivity index (χ1) is 4.02. The largest absolute Gasteiger partial charge is 0.389 e. The molecule has 0 radical (unpaired) electrons. The van der Waals surface area contributed by atoms with Gasteiger partial charge in [0.15, 0.2) is 0 Å². The average Bonchev–Trinajstić information content (AvgIpc) is 2.40. The van der Waals surface area contributed by atoms with Crippen molar-refractivity contribution in [2.75, 3.05) is 0 Å². The zero-order valence-corrected chi connectivity index (χ0v) is 7.32. The Hall–Kier alpha value is 0.210. The minimum absolute atomic E-state index is 0. The average molecular weight is 166 g/mol. The Bertz CT molecular complexity index is 107. The molecule has 1 fully saturated rings. The molecule has 3 heteroatoms. The van der Waals surface area contributed by atoms with Gasteiger partial charge in [0.05, 0.1) is 5.60 Å². The van der Waals surface area contributed by atoms with Crippen LogP contribution in [0.4, 0.5) is 0 Å². The monoisotopic (exact) mass is 165 g/mol. The van der Waals surface area contributed by atoms with Crippen molar-refractivity contribution in [2.24, 2.45) is 11.7 Å². The van der Waals surface area contributed by atoms with E-state index in [1.165, 1.54) is 12.8 Å². The summed E-state index contributed by atoms with van der Waals surface area (Å²) in [6, 6.07) is -0.0162. The van der Waals surface area contributed by atoms with E-state index in [-0.39, 0.29) is 18.4 Å². The zero-order valence-electron chi connectivity index (χ0n) is 6.50. The van der Waals surface area contributed by atoms with Crippen LogP contribution in [0.15, 0.2) is 0 Å². The fourth-order valence-corrected chi connectivity index (χ4v) is 1.03. The van der Waals surface area contributed by atoms with Gasteiger partial charge in [0.25, 0.3) is 0 Å². The fourth-order valence-electron chi connectivity index (χ4n) is 1.03. The number of nitrogens with two attached hydrogens (primary N) is 1. The van der Waals surface area contributed by atoms with Crippen molar-refractivity contribution in [1.82, 2.24) is 0 Å². The highest BCUT2D eigenvalue weighted by Crippen LogP contribution is 2.35. The Morgan fingerprint density at radius 3 is 2.00 bits per heavy atom. The Morgan fingerprint density at radius 2 is 1.90 bits per heavy atom. The molecule has 0 aromatic rings. The molecule has 1 saturated carbocycles. The molecule has 0 saturated heterocycles. The molecular weight excluding hydrogens is 150 g/mol. The van der Waals surface area contributed by atoms with E-state index in [0.29, 0.717) is 5.92 Å². The molecule has 0 unspecified atom stereocenters. The fraction of sp³-hybridized carbons (Fsp3) is 1.00. The lowest BCUT2D eigenvalue weighted by Crippen LogP contribution is -2.44. The summed E-state index contributed by atoms with van der Waals surface area (Å²) in [4.78, 5) is 0. The van der Waals surface area contributed by atoms with Crippen LogP contribution in [0.25, 0.3) is 0 Å². The molecule has 1 aliphatic rings. The van der Waals surface area contributed by atoms with Crippen LogP contribution in [-0.2, 0) is 0 Å². The smallest absolute Gasteiger partial charge is 0.0744 e. The van der Waals surface area contributed by atoms with Crippen molar-refractivity contribution in [3.05, 3.63) is 0 Å². The minimum atomic E-state index is -0.679. The number of rotatable bonds is 2. The second kappa shape index (κ2) is 3.07. The van der Waals surface area contributed by atoms with Gasteiger partial charge in [-0.25, -0.2) is 0 Å². The molecule has 0 aromatic heterocycles. The minimum Gasteiger partial charge on any atom is -0.389 e. The van der Waals surface area contributed by atoms with Crippen LogP contribution in [0.5, 0.6) is 0 Å². The van der Waals surface area contributed by atoms with Gasteiger partial charge in [-0.2, -0.15) is 0 Å². The summed E-state index contributed by atoms with van der Waals surface area (Å²) in [5.74, 6) is 0.588. The first-order valence-corrected chi connectivity index (χ1v) is 3.50. The molecule has 2 nitrogen and oxygen atoms in total. The molecule has 1 atom stereocenters. The van der Waals surface area contributed by atoms with Crippen LogP contribution in [0.1, 0.15) is 26.7 Å². The van der Waals surface area contributed by atoms with E-state index in [0.717, 1.165) is 0 Å². The number of hydrogen-bond donors (Lipinski definition) is 2. The van der Waals surface area contributed by atoms with Crippen LogP contribution in [0.3, 0.4) is 0 Å². The summed E-state index contributed by atoms with van der Waals surface area (Å²) < 4.78 is 0. The van der Waals surface area contributed by atoms with Crippen LogP contribution in [-0.4, -0.2) is 16.7 Å². The topological polar surface area (TPSA) is 46.2 Å². The maximum Gasteiger partial charge on any atom is 0.0744 e. The molecule has 0 aliphatic heterocycles. The van der Waals surface area contributed by atoms with Crippen molar-refractivity contribution in [3.8, 4) is 0 Å². The van der Waals surface area contributed by atoms with Gasteiger partial charge in [-0.15, -0.1) is 12.4 Å². The molecule has 0 spiro atoms. The van der Waals surface area contributed by atoms with Crippen molar-refractivity contribution in [3.63, 3.8) is 0 Å². The molecule has 1 rings (SSSR count). The summed E-state index contributed by atoms with van der Waals surface area (Å²) >= 11 is 0. The summed E-state index contributed by atoms with van der Waals surface area (Å²) in [5.41, 5.74) is 5.03. The lowest BCUT2D eigenvalue weighted by molar-refractivity contribution is 0.0445. The van der Waals surface area contributed by atoms with Crippen LogP contribution in [0, 0.1) is 5.92 Å². The van der Waals surface area contributed by atoms with Gasteiger partial charge >= 0.3 is 0 Å². The van der Waals surface area contributed by atoms with Gasteiger partial charge in [0, 0.05) is 6.04 Å². The molecular formula is C7H16ClNO. The predicted molar refractivity (Wildman–Crippen MR) is 44.2 cm³/mol. The van der Waals surface area contributed by atoms with Gasteiger partial charge in [-0.1, -0.05) is 0 Å². The van der Waals surface area contributed by atoms with Gasteiger partial charge in [-0.3, -0.25) is 0 Å². The van der Waals surface area contributed by atoms with Gasteiger partial charge < -0.3 is 10.8 Å². The van der Waals surface area contributed by atoms with E-state index in [1.807, 2.05) is 0 Å². The molecule has 62 valence electrons. The second-order valence-corrected chi connectivity index (χ2v) is 3.52. The third-order valence-corrected chi connectivity index (χ3v) is 1.95. The van der Waals surface area contributed by atoms with Crippen LogP contribution < -0.4 is 5.73 Å². The first kappa shape index (κ1) is 10.2. The van der Waals surface area contributed by atoms with Crippen LogP contribution in [0.2, 0.25) is 0 Å². The third kappa shape index (κ3) is 2.45. The Balaban J connectivity index is 0.000000810. The highest BCUT2D eigenvalue weighted by molar-refractivity contribution is 5.85. The van der Waals surface area contributed by atoms with Crippen LogP contribution >= 0.6 is 12.4 Å². The number of aliphatic hydroxyl groups is 1. The predicted octanol–water partition coefficient (Wildman–Crippen LogP) is 0.916. The van der Waals surface area contributed by atoms with E-state index in [9.17, 15) is 5.11 Å². The quantitative estimate of drug-likeness (QED) is 0.639. The zero-order chi connectivity index (χ0) is 7.07. The van der Waals surface area contributed by atoms with Gasteiger partial charge in [0.1, 0.15) is 0 Å². The molecule has 10 heavy (non-hydrogen) atoms. The highest BCUT2D eigenvalue weighted by atomic mass is 35.5. The van der Waals surface area contributed by atoms with Gasteiger partial charge in [-0.05, 0) is 32.6 Å². The summed E-state index contributed by atoms with van der Waals surface area (Å²) in [5, 5.41) is 9.37. The highest BCUT2D eigenvalue weighted by Gasteiger charge is 2.37. The lowest BCUT2D eigenvalue weighted by Gasteiger charge is -2.25. The maximum atomic E-state index is 9.37. The Labute approximate surface area is 68.2 Å². The van der Waals surface area contributed by atoms with Crippen molar-refractivity contribution in [1.29, 1.82) is 0 Å².